The van der Waals surface area contributed by atoms with Gasteiger partial charge in [-0.2, -0.15) is 5.10 Å². The molecular formula is C10H19N3O. The lowest BCUT2D eigenvalue weighted by molar-refractivity contribution is 0.0361. The van der Waals surface area contributed by atoms with Gasteiger partial charge in [0.05, 0.1) is 5.60 Å². The number of rotatable bonds is 4. The minimum Gasteiger partial charge on any atom is -0.390 e. The second-order valence-electron chi connectivity index (χ2n) is 4.57. The first-order valence-corrected chi connectivity index (χ1v) is 4.96. The van der Waals surface area contributed by atoms with Crippen molar-refractivity contribution in [2.45, 2.75) is 39.2 Å². The van der Waals surface area contributed by atoms with E-state index in [1.54, 1.807) is 4.68 Å². The standard InChI is InChI=1S/C10H19N3O/c1-8(2)5-10(3,14)6-9-11-7-12-13(9)4/h7-8,14H,5-6H2,1-4H3. The molecule has 0 aliphatic heterocycles. The number of aryl methyl sites for hydroxylation is 1. The molecule has 80 valence electrons. The molecule has 1 N–H and O–H groups in total. The van der Waals surface area contributed by atoms with E-state index in [0.717, 1.165) is 12.2 Å². The van der Waals surface area contributed by atoms with Gasteiger partial charge in [0.1, 0.15) is 12.2 Å². The monoisotopic (exact) mass is 197 g/mol. The summed E-state index contributed by atoms with van der Waals surface area (Å²) in [6.45, 7) is 6.05. The van der Waals surface area contributed by atoms with Gasteiger partial charge in [-0.25, -0.2) is 4.98 Å². The summed E-state index contributed by atoms with van der Waals surface area (Å²) >= 11 is 0. The smallest absolute Gasteiger partial charge is 0.138 e. The summed E-state index contributed by atoms with van der Waals surface area (Å²) in [6.07, 6.45) is 2.85. The van der Waals surface area contributed by atoms with E-state index < -0.39 is 5.60 Å². The van der Waals surface area contributed by atoms with Crippen molar-refractivity contribution < 1.29 is 5.11 Å². The number of nitrogens with zero attached hydrogens (tertiary/aromatic N) is 3. The van der Waals surface area contributed by atoms with Crippen LogP contribution in [0.5, 0.6) is 0 Å². The Morgan fingerprint density at radius 2 is 2.21 bits per heavy atom. The van der Waals surface area contributed by atoms with Crippen LogP contribution < -0.4 is 0 Å². The summed E-state index contributed by atoms with van der Waals surface area (Å²) in [5.74, 6) is 1.31. The van der Waals surface area contributed by atoms with Crippen LogP contribution in [-0.4, -0.2) is 25.5 Å². The second-order valence-corrected chi connectivity index (χ2v) is 4.57. The Morgan fingerprint density at radius 1 is 1.57 bits per heavy atom. The van der Waals surface area contributed by atoms with Crippen molar-refractivity contribution in [3.05, 3.63) is 12.2 Å². The molecule has 1 rings (SSSR count). The average molecular weight is 197 g/mol. The molecule has 0 amide bonds. The lowest BCUT2D eigenvalue weighted by Crippen LogP contribution is -2.30. The summed E-state index contributed by atoms with van der Waals surface area (Å²) in [5, 5.41) is 14.1. The molecule has 0 saturated carbocycles. The number of hydrogen-bond acceptors (Lipinski definition) is 3. The van der Waals surface area contributed by atoms with E-state index in [9.17, 15) is 5.11 Å². The molecule has 14 heavy (non-hydrogen) atoms. The van der Waals surface area contributed by atoms with Gasteiger partial charge in [0.2, 0.25) is 0 Å². The molecule has 0 radical (unpaired) electrons. The molecule has 0 fully saturated rings. The largest absolute Gasteiger partial charge is 0.390 e. The van der Waals surface area contributed by atoms with Crippen LogP contribution in [0.1, 0.15) is 33.0 Å². The highest BCUT2D eigenvalue weighted by atomic mass is 16.3. The van der Waals surface area contributed by atoms with Gasteiger partial charge in [-0.05, 0) is 19.3 Å². The quantitative estimate of drug-likeness (QED) is 0.788. The Labute approximate surface area is 85.0 Å². The third-order valence-electron chi connectivity index (χ3n) is 2.19. The van der Waals surface area contributed by atoms with E-state index in [4.69, 9.17) is 0 Å². The molecule has 0 aromatic carbocycles. The van der Waals surface area contributed by atoms with Gasteiger partial charge in [0, 0.05) is 13.5 Å². The van der Waals surface area contributed by atoms with Crippen molar-refractivity contribution in [1.82, 2.24) is 14.8 Å². The Kier molecular flexibility index (Phi) is 3.26. The third-order valence-corrected chi connectivity index (χ3v) is 2.19. The van der Waals surface area contributed by atoms with Crippen LogP contribution in [0.25, 0.3) is 0 Å². The van der Waals surface area contributed by atoms with Gasteiger partial charge in [-0.3, -0.25) is 4.68 Å². The molecule has 1 aromatic heterocycles. The van der Waals surface area contributed by atoms with Crippen LogP contribution in [0.2, 0.25) is 0 Å². The minimum absolute atomic E-state index is 0.484. The molecule has 0 saturated heterocycles. The maximum absolute atomic E-state index is 10.1. The van der Waals surface area contributed by atoms with Crippen molar-refractivity contribution >= 4 is 0 Å². The normalized spacial score (nSPS) is 15.9. The third kappa shape index (κ3) is 3.10. The molecule has 4 heteroatoms. The Bertz CT molecular complexity index is 291. The second kappa shape index (κ2) is 4.09. The van der Waals surface area contributed by atoms with E-state index >= 15 is 0 Å². The predicted octanol–water partition coefficient (Wildman–Crippen LogP) is 1.15. The van der Waals surface area contributed by atoms with Gasteiger partial charge in [0.25, 0.3) is 0 Å². The maximum Gasteiger partial charge on any atom is 0.138 e. The highest BCUT2D eigenvalue weighted by molar-refractivity contribution is 4.92. The zero-order chi connectivity index (χ0) is 10.8. The number of aromatic nitrogens is 3. The molecule has 4 nitrogen and oxygen atoms in total. The maximum atomic E-state index is 10.1. The topological polar surface area (TPSA) is 50.9 Å². The molecule has 0 aliphatic carbocycles. The lowest BCUT2D eigenvalue weighted by Gasteiger charge is -2.24. The Balaban J connectivity index is 2.63. The van der Waals surface area contributed by atoms with Gasteiger partial charge >= 0.3 is 0 Å². The van der Waals surface area contributed by atoms with Crippen molar-refractivity contribution in [2.24, 2.45) is 13.0 Å². The van der Waals surface area contributed by atoms with Crippen molar-refractivity contribution in [3.8, 4) is 0 Å². The first-order valence-electron chi connectivity index (χ1n) is 4.96. The van der Waals surface area contributed by atoms with Crippen molar-refractivity contribution in [2.75, 3.05) is 0 Å². The first kappa shape index (κ1) is 11.2. The summed E-state index contributed by atoms with van der Waals surface area (Å²) < 4.78 is 1.70. The van der Waals surface area contributed by atoms with Crippen LogP contribution in [0.15, 0.2) is 6.33 Å². The van der Waals surface area contributed by atoms with Crippen LogP contribution in [0.3, 0.4) is 0 Å². The fourth-order valence-electron chi connectivity index (χ4n) is 1.77. The van der Waals surface area contributed by atoms with E-state index in [1.807, 2.05) is 14.0 Å². The van der Waals surface area contributed by atoms with Crippen LogP contribution in [-0.2, 0) is 13.5 Å². The van der Waals surface area contributed by atoms with Gasteiger partial charge < -0.3 is 5.11 Å². The number of hydrogen-bond donors (Lipinski definition) is 1. The van der Waals surface area contributed by atoms with Crippen molar-refractivity contribution in [3.63, 3.8) is 0 Å². The van der Waals surface area contributed by atoms with Gasteiger partial charge in [-0.15, -0.1) is 0 Å². The fourth-order valence-corrected chi connectivity index (χ4v) is 1.77. The van der Waals surface area contributed by atoms with E-state index in [2.05, 4.69) is 23.9 Å². The zero-order valence-electron chi connectivity index (χ0n) is 9.36. The molecular weight excluding hydrogens is 178 g/mol. The minimum atomic E-state index is -0.686. The van der Waals surface area contributed by atoms with E-state index in [0.29, 0.717) is 12.3 Å². The molecule has 0 aliphatic rings. The van der Waals surface area contributed by atoms with Crippen molar-refractivity contribution in [1.29, 1.82) is 0 Å². The van der Waals surface area contributed by atoms with Gasteiger partial charge in [0.15, 0.2) is 0 Å². The summed E-state index contributed by atoms with van der Waals surface area (Å²) in [6, 6.07) is 0. The molecule has 0 spiro atoms. The van der Waals surface area contributed by atoms with E-state index in [1.165, 1.54) is 6.33 Å². The molecule has 1 aromatic rings. The highest BCUT2D eigenvalue weighted by Crippen LogP contribution is 2.19. The van der Waals surface area contributed by atoms with E-state index in [-0.39, 0.29) is 0 Å². The zero-order valence-corrected chi connectivity index (χ0v) is 9.36. The molecule has 1 unspecified atom stereocenters. The summed E-state index contributed by atoms with van der Waals surface area (Å²) in [7, 11) is 1.84. The number of aliphatic hydroxyl groups is 1. The lowest BCUT2D eigenvalue weighted by atomic mass is 9.91. The average Bonchev–Trinajstić information content (AvgIpc) is 2.32. The summed E-state index contributed by atoms with van der Waals surface area (Å²) in [4.78, 5) is 4.10. The fraction of sp³-hybridized carbons (Fsp3) is 0.800. The summed E-state index contributed by atoms with van der Waals surface area (Å²) in [5.41, 5.74) is -0.686. The Morgan fingerprint density at radius 3 is 2.64 bits per heavy atom. The highest BCUT2D eigenvalue weighted by Gasteiger charge is 2.24. The first-order chi connectivity index (χ1) is 6.41. The van der Waals surface area contributed by atoms with Crippen LogP contribution >= 0.6 is 0 Å². The van der Waals surface area contributed by atoms with Crippen LogP contribution in [0.4, 0.5) is 0 Å². The SMILES string of the molecule is CC(C)CC(C)(O)Cc1ncnn1C. The predicted molar refractivity (Wildman–Crippen MR) is 54.8 cm³/mol. The molecule has 1 heterocycles. The molecule has 1 atom stereocenters. The molecule has 0 bridgehead atoms. The van der Waals surface area contributed by atoms with Gasteiger partial charge in [-0.1, -0.05) is 13.8 Å². The van der Waals surface area contributed by atoms with Crippen LogP contribution in [0, 0.1) is 5.92 Å². The Hall–Kier alpha value is -0.900.